The van der Waals surface area contributed by atoms with Crippen LogP contribution in [-0.2, 0) is 16.8 Å². The molecule has 0 saturated carbocycles. The Bertz CT molecular complexity index is 930. The Morgan fingerprint density at radius 2 is 1.90 bits per heavy atom. The van der Waals surface area contributed by atoms with Gasteiger partial charge < -0.3 is 15.2 Å². The van der Waals surface area contributed by atoms with Crippen LogP contribution in [0.4, 0.5) is 0 Å². The van der Waals surface area contributed by atoms with Gasteiger partial charge in [-0.2, -0.15) is 0 Å². The molecule has 1 aliphatic rings. The highest BCUT2D eigenvalue weighted by atomic mass is 16.5. The third-order valence-corrected chi connectivity index (χ3v) is 5.85. The minimum atomic E-state index is -0.665. The second kappa shape index (κ2) is 8.81. The largest absolute Gasteiger partial charge is 0.482 e. The van der Waals surface area contributed by atoms with Gasteiger partial charge in [-0.05, 0) is 62.8 Å². The maximum atomic E-state index is 12.7. The Hall–Kier alpha value is -2.33. The Morgan fingerprint density at radius 3 is 2.57 bits per heavy atom. The minimum Gasteiger partial charge on any atom is -0.482 e. The van der Waals surface area contributed by atoms with E-state index in [0.717, 1.165) is 52.8 Å². The molecule has 0 saturated heterocycles. The van der Waals surface area contributed by atoms with Crippen molar-refractivity contribution in [3.05, 3.63) is 47.0 Å². The lowest BCUT2D eigenvalue weighted by atomic mass is 9.84. The van der Waals surface area contributed by atoms with E-state index in [1.165, 1.54) is 6.42 Å². The molecule has 1 heterocycles. The minimum absolute atomic E-state index is 0.00535. The van der Waals surface area contributed by atoms with Gasteiger partial charge in [-0.3, -0.25) is 0 Å². The first-order valence-electron chi connectivity index (χ1n) is 11.1. The first-order chi connectivity index (χ1) is 14.1. The molecular weight excluding hydrogens is 374 g/mol. The van der Waals surface area contributed by atoms with Crippen LogP contribution in [0.25, 0.3) is 11.1 Å². The van der Waals surface area contributed by atoms with Crippen LogP contribution in [0.1, 0.15) is 70.6 Å². The fraction of sp³-hybridized carbons (Fsp3) is 0.500. The van der Waals surface area contributed by atoms with E-state index in [4.69, 9.17) is 15.2 Å². The second-order valence-electron chi connectivity index (χ2n) is 9.28. The number of nitrogens with two attached hydrogens (primary N) is 1. The maximum Gasteiger partial charge on any atom is 0.328 e. The van der Waals surface area contributed by atoms with Crippen molar-refractivity contribution in [3.8, 4) is 22.6 Å². The molecule has 0 spiro atoms. The van der Waals surface area contributed by atoms with Gasteiger partial charge in [0.2, 0.25) is 0 Å². The molecule has 1 aliphatic heterocycles. The summed E-state index contributed by atoms with van der Waals surface area (Å²) in [6, 6.07) is 9.78. The maximum absolute atomic E-state index is 12.7. The molecule has 3 rings (SSSR count). The quantitative estimate of drug-likeness (QED) is 0.351. The highest BCUT2D eigenvalue weighted by Gasteiger charge is 2.35. The summed E-state index contributed by atoms with van der Waals surface area (Å²) in [4.78, 5) is 12.7. The van der Waals surface area contributed by atoms with E-state index in [1.54, 1.807) is 0 Å². The lowest BCUT2D eigenvalue weighted by Gasteiger charge is -2.36. The van der Waals surface area contributed by atoms with E-state index < -0.39 is 17.6 Å². The van der Waals surface area contributed by atoms with Gasteiger partial charge in [0.1, 0.15) is 23.1 Å². The first kappa shape index (κ1) is 22.4. The van der Waals surface area contributed by atoms with Gasteiger partial charge in [0, 0.05) is 5.56 Å². The van der Waals surface area contributed by atoms with Crippen LogP contribution in [0.15, 0.2) is 30.3 Å². The van der Waals surface area contributed by atoms with Crippen LogP contribution in [0, 0.1) is 12.8 Å². The van der Waals surface area contributed by atoms with E-state index in [9.17, 15) is 4.79 Å². The summed E-state index contributed by atoms with van der Waals surface area (Å²) in [7, 11) is 0. The van der Waals surface area contributed by atoms with Crippen LogP contribution in [-0.4, -0.2) is 12.0 Å². The molecule has 0 amide bonds. The van der Waals surface area contributed by atoms with Crippen LogP contribution in [0.2, 0.25) is 0 Å². The van der Waals surface area contributed by atoms with Gasteiger partial charge in [-0.15, -0.1) is 0 Å². The normalized spacial score (nSPS) is 15.2. The molecule has 1 unspecified atom stereocenters. The number of fused-ring (bicyclic) bond motifs is 3. The molecule has 4 heteroatoms. The van der Waals surface area contributed by atoms with Crippen LogP contribution >= 0.6 is 0 Å². The molecule has 2 aromatic carbocycles. The van der Waals surface area contributed by atoms with E-state index in [-0.39, 0.29) is 5.92 Å². The summed E-state index contributed by atoms with van der Waals surface area (Å²) in [6.45, 7) is 12.3. The van der Waals surface area contributed by atoms with Gasteiger partial charge >= 0.3 is 5.97 Å². The molecule has 162 valence electrons. The molecule has 0 radical (unpaired) electrons. The number of benzene rings is 2. The van der Waals surface area contributed by atoms with Crippen LogP contribution < -0.4 is 15.2 Å². The number of ether oxygens (including phenoxy) is 2. The van der Waals surface area contributed by atoms with Crippen molar-refractivity contribution in [1.29, 1.82) is 0 Å². The molecule has 0 aromatic heterocycles. The number of carbonyl (C=O) groups excluding carboxylic acids is 1. The molecule has 0 fully saturated rings. The summed E-state index contributed by atoms with van der Waals surface area (Å²) in [5.74, 6) is 0.915. The van der Waals surface area contributed by atoms with Crippen molar-refractivity contribution < 1.29 is 14.3 Å². The average molecular weight is 410 g/mol. The van der Waals surface area contributed by atoms with E-state index in [2.05, 4.69) is 52.0 Å². The first-order valence-corrected chi connectivity index (χ1v) is 11.1. The van der Waals surface area contributed by atoms with Crippen LogP contribution in [0.5, 0.6) is 11.5 Å². The topological polar surface area (TPSA) is 61.5 Å². The van der Waals surface area contributed by atoms with E-state index >= 15 is 0 Å². The molecule has 4 nitrogen and oxygen atoms in total. The number of carbonyl (C=O) groups is 1. The summed E-state index contributed by atoms with van der Waals surface area (Å²) < 4.78 is 12.3. The number of hydrogen-bond donors (Lipinski definition) is 1. The number of rotatable bonds is 7. The molecule has 30 heavy (non-hydrogen) atoms. The smallest absolute Gasteiger partial charge is 0.328 e. The van der Waals surface area contributed by atoms with E-state index in [0.29, 0.717) is 5.75 Å². The molecule has 0 aliphatic carbocycles. The predicted molar refractivity (Wildman–Crippen MR) is 122 cm³/mol. The standard InChI is InChI=1S/C26H35NO3/c1-7-8-9-10-18-14-21(29-25(28)24(27)16(2)3)23-19-13-17(4)11-12-20(19)26(5,6)30-22(23)15-18/h11-16,24H,7-10,27H2,1-6H3. The fourth-order valence-electron chi connectivity index (χ4n) is 3.96. The number of hydrogen-bond acceptors (Lipinski definition) is 4. The summed E-state index contributed by atoms with van der Waals surface area (Å²) in [5, 5.41) is 0. The van der Waals surface area contributed by atoms with Gasteiger partial charge in [-0.25, -0.2) is 4.79 Å². The van der Waals surface area contributed by atoms with Crippen molar-refractivity contribution in [3.63, 3.8) is 0 Å². The number of aryl methyl sites for hydroxylation is 2. The fourth-order valence-corrected chi connectivity index (χ4v) is 3.96. The molecule has 0 bridgehead atoms. The Morgan fingerprint density at radius 1 is 1.17 bits per heavy atom. The third-order valence-electron chi connectivity index (χ3n) is 5.85. The van der Waals surface area contributed by atoms with Gasteiger partial charge in [0.15, 0.2) is 0 Å². The van der Waals surface area contributed by atoms with Crippen molar-refractivity contribution >= 4 is 5.97 Å². The van der Waals surface area contributed by atoms with Gasteiger partial charge in [0.25, 0.3) is 0 Å². The Balaban J connectivity index is 2.13. The highest BCUT2D eigenvalue weighted by Crippen LogP contribution is 2.50. The molecular formula is C26H35NO3. The monoisotopic (exact) mass is 409 g/mol. The molecule has 1 atom stereocenters. The Kier molecular flexibility index (Phi) is 6.56. The van der Waals surface area contributed by atoms with Crippen molar-refractivity contribution in [2.45, 2.75) is 78.9 Å². The highest BCUT2D eigenvalue weighted by molar-refractivity contribution is 5.86. The van der Waals surface area contributed by atoms with Crippen LogP contribution in [0.3, 0.4) is 0 Å². The predicted octanol–water partition coefficient (Wildman–Crippen LogP) is 5.91. The summed E-state index contributed by atoms with van der Waals surface area (Å²) >= 11 is 0. The summed E-state index contributed by atoms with van der Waals surface area (Å²) in [6.07, 6.45) is 4.34. The van der Waals surface area contributed by atoms with E-state index in [1.807, 2.05) is 19.9 Å². The zero-order valence-corrected chi connectivity index (χ0v) is 19.2. The zero-order valence-electron chi connectivity index (χ0n) is 19.2. The SMILES string of the molecule is CCCCCc1cc(OC(=O)C(N)C(C)C)c2c(c1)OC(C)(C)c1ccc(C)cc1-2. The average Bonchev–Trinajstić information content (AvgIpc) is 2.66. The van der Waals surface area contributed by atoms with Gasteiger partial charge in [0.05, 0.1) is 5.56 Å². The lowest BCUT2D eigenvalue weighted by molar-refractivity contribution is -0.136. The van der Waals surface area contributed by atoms with Crippen molar-refractivity contribution in [2.75, 3.05) is 0 Å². The second-order valence-corrected chi connectivity index (χ2v) is 9.28. The molecule has 2 N–H and O–H groups in total. The lowest BCUT2D eigenvalue weighted by Crippen LogP contribution is -2.39. The summed E-state index contributed by atoms with van der Waals surface area (Å²) in [5.41, 5.74) is 10.9. The zero-order chi connectivity index (χ0) is 22.1. The van der Waals surface area contributed by atoms with Gasteiger partial charge in [-0.1, -0.05) is 57.4 Å². The van der Waals surface area contributed by atoms with Crippen molar-refractivity contribution in [1.82, 2.24) is 0 Å². The molecule has 2 aromatic rings. The third kappa shape index (κ3) is 4.54. The van der Waals surface area contributed by atoms with Crippen molar-refractivity contribution in [2.24, 2.45) is 11.7 Å². The number of esters is 1. The number of unbranched alkanes of at least 4 members (excludes halogenated alkanes) is 2. The Labute approximate surface area is 180 Å².